The van der Waals surface area contributed by atoms with Crippen molar-refractivity contribution in [2.75, 3.05) is 11.4 Å². The van der Waals surface area contributed by atoms with E-state index >= 15 is 0 Å². The van der Waals surface area contributed by atoms with Crippen LogP contribution in [0.15, 0.2) is 18.2 Å². The molecule has 2 unspecified atom stereocenters. The van der Waals surface area contributed by atoms with Gasteiger partial charge in [0.2, 0.25) is 11.8 Å². The van der Waals surface area contributed by atoms with Gasteiger partial charge < -0.3 is 15.7 Å². The number of phenols is 1. The van der Waals surface area contributed by atoms with E-state index in [0.717, 1.165) is 0 Å². The zero-order valence-electron chi connectivity index (χ0n) is 11.6. The molecule has 1 fully saturated rings. The predicted octanol–water partition coefficient (Wildman–Crippen LogP) is 0.653. The van der Waals surface area contributed by atoms with Crippen molar-refractivity contribution < 1.29 is 14.7 Å². The van der Waals surface area contributed by atoms with Gasteiger partial charge in [-0.2, -0.15) is 0 Å². The summed E-state index contributed by atoms with van der Waals surface area (Å²) in [6.45, 7) is 3.76. The van der Waals surface area contributed by atoms with E-state index in [-0.39, 0.29) is 30.2 Å². The van der Waals surface area contributed by atoms with Crippen LogP contribution in [-0.2, 0) is 9.59 Å². The fourth-order valence-corrected chi connectivity index (χ4v) is 2.44. The van der Waals surface area contributed by atoms with Crippen LogP contribution >= 0.6 is 0 Å². The molecule has 1 aliphatic heterocycles. The number of phenolic OH excluding ortho intramolecular Hbond substituents is 1. The van der Waals surface area contributed by atoms with E-state index in [4.69, 9.17) is 5.73 Å². The molecule has 1 heterocycles. The molecule has 6 nitrogen and oxygen atoms in total. The number of nitrogens with one attached hydrogen (secondary N) is 1. The number of carbonyl (C=O) groups is 2. The van der Waals surface area contributed by atoms with Crippen molar-refractivity contribution in [3.05, 3.63) is 23.8 Å². The SMILES string of the molecule is CCC1C(=O)NC(=O)CN1c1ccc(C(C)N)c(O)c1. The van der Waals surface area contributed by atoms with Crippen LogP contribution in [0.25, 0.3) is 0 Å². The van der Waals surface area contributed by atoms with Crippen molar-refractivity contribution >= 4 is 17.5 Å². The van der Waals surface area contributed by atoms with Crippen molar-refractivity contribution in [2.24, 2.45) is 5.73 Å². The average molecular weight is 277 g/mol. The van der Waals surface area contributed by atoms with E-state index in [2.05, 4.69) is 5.32 Å². The number of nitrogens with zero attached hydrogens (tertiary/aromatic N) is 1. The lowest BCUT2D eigenvalue weighted by molar-refractivity contribution is -0.132. The van der Waals surface area contributed by atoms with E-state index in [1.54, 1.807) is 30.0 Å². The summed E-state index contributed by atoms with van der Waals surface area (Å²) in [6, 6.07) is 4.35. The Bertz CT molecular complexity index is 542. The highest BCUT2D eigenvalue weighted by molar-refractivity contribution is 6.04. The first-order valence-electron chi connectivity index (χ1n) is 6.62. The molecular weight excluding hydrogens is 258 g/mol. The predicted molar refractivity (Wildman–Crippen MR) is 75.3 cm³/mol. The van der Waals surface area contributed by atoms with E-state index < -0.39 is 6.04 Å². The number of carbonyl (C=O) groups excluding carboxylic acids is 2. The van der Waals surface area contributed by atoms with Crippen LogP contribution in [0.5, 0.6) is 5.75 Å². The molecule has 108 valence electrons. The van der Waals surface area contributed by atoms with Gasteiger partial charge in [-0.3, -0.25) is 14.9 Å². The zero-order valence-corrected chi connectivity index (χ0v) is 11.6. The van der Waals surface area contributed by atoms with Crippen molar-refractivity contribution in [3.63, 3.8) is 0 Å². The van der Waals surface area contributed by atoms with Crippen LogP contribution in [-0.4, -0.2) is 29.5 Å². The molecule has 4 N–H and O–H groups in total. The Balaban J connectivity index is 2.36. The van der Waals surface area contributed by atoms with Gasteiger partial charge in [0.25, 0.3) is 0 Å². The summed E-state index contributed by atoms with van der Waals surface area (Å²) in [5.41, 5.74) is 7.02. The number of hydrogen-bond donors (Lipinski definition) is 3. The second kappa shape index (κ2) is 5.50. The third kappa shape index (κ3) is 2.60. The normalized spacial score (nSPS) is 20.8. The summed E-state index contributed by atoms with van der Waals surface area (Å²) >= 11 is 0. The van der Waals surface area contributed by atoms with E-state index in [0.29, 0.717) is 17.7 Å². The highest BCUT2D eigenvalue weighted by Gasteiger charge is 2.32. The minimum absolute atomic E-state index is 0.0748. The number of nitrogens with two attached hydrogens (primary N) is 1. The van der Waals surface area contributed by atoms with Gasteiger partial charge in [-0.25, -0.2) is 0 Å². The summed E-state index contributed by atoms with van der Waals surface area (Å²) in [5, 5.41) is 12.3. The monoisotopic (exact) mass is 277 g/mol. The fraction of sp³-hybridized carbons (Fsp3) is 0.429. The van der Waals surface area contributed by atoms with Crippen LogP contribution in [0.4, 0.5) is 5.69 Å². The number of hydrogen-bond acceptors (Lipinski definition) is 5. The number of rotatable bonds is 3. The quantitative estimate of drug-likeness (QED) is 0.705. The summed E-state index contributed by atoms with van der Waals surface area (Å²) in [6.07, 6.45) is 0.578. The molecule has 20 heavy (non-hydrogen) atoms. The van der Waals surface area contributed by atoms with Gasteiger partial charge in [0.1, 0.15) is 11.8 Å². The maximum absolute atomic E-state index is 11.8. The molecule has 0 saturated carbocycles. The first-order valence-corrected chi connectivity index (χ1v) is 6.62. The number of benzene rings is 1. The largest absolute Gasteiger partial charge is 0.508 e. The fourth-order valence-electron chi connectivity index (χ4n) is 2.44. The molecule has 2 rings (SSSR count). The Morgan fingerprint density at radius 3 is 2.75 bits per heavy atom. The number of anilines is 1. The summed E-state index contributed by atoms with van der Waals surface area (Å²) in [7, 11) is 0. The van der Waals surface area contributed by atoms with Crippen molar-refractivity contribution in [1.29, 1.82) is 0 Å². The second-order valence-corrected chi connectivity index (χ2v) is 5.00. The topological polar surface area (TPSA) is 95.7 Å². The Kier molecular flexibility index (Phi) is 3.94. The molecule has 1 aromatic carbocycles. The maximum Gasteiger partial charge on any atom is 0.249 e. The van der Waals surface area contributed by atoms with Gasteiger partial charge in [0.15, 0.2) is 0 Å². The number of aromatic hydroxyl groups is 1. The van der Waals surface area contributed by atoms with Crippen molar-refractivity contribution in [3.8, 4) is 5.75 Å². The molecule has 1 aromatic rings. The Hall–Kier alpha value is -2.08. The van der Waals surface area contributed by atoms with Crippen LogP contribution in [0, 0.1) is 0 Å². The molecule has 0 aliphatic carbocycles. The molecule has 2 atom stereocenters. The molecule has 0 spiro atoms. The standard InChI is InChI=1S/C14H19N3O3/c1-3-11-14(20)16-13(19)7-17(11)9-4-5-10(8(2)15)12(18)6-9/h4-6,8,11,18H,3,7,15H2,1-2H3,(H,16,19,20). The first kappa shape index (κ1) is 14.3. The molecule has 0 radical (unpaired) electrons. The van der Waals surface area contributed by atoms with Gasteiger partial charge in [-0.15, -0.1) is 0 Å². The van der Waals surface area contributed by atoms with E-state index in [1.165, 1.54) is 0 Å². The molecule has 6 heteroatoms. The highest BCUT2D eigenvalue weighted by Crippen LogP contribution is 2.30. The molecule has 1 aliphatic rings. The van der Waals surface area contributed by atoms with Gasteiger partial charge in [0, 0.05) is 23.4 Å². The molecule has 0 bridgehead atoms. The van der Waals surface area contributed by atoms with Crippen LogP contribution in [0.1, 0.15) is 31.9 Å². The summed E-state index contributed by atoms with van der Waals surface area (Å²) in [5.74, 6) is -0.569. The van der Waals surface area contributed by atoms with Crippen molar-refractivity contribution in [2.45, 2.75) is 32.4 Å². The third-order valence-corrected chi connectivity index (χ3v) is 3.48. The van der Waals surface area contributed by atoms with Crippen LogP contribution in [0.3, 0.4) is 0 Å². The second-order valence-electron chi connectivity index (χ2n) is 5.00. The lowest BCUT2D eigenvalue weighted by Crippen LogP contribution is -2.58. The Morgan fingerprint density at radius 1 is 1.50 bits per heavy atom. The lowest BCUT2D eigenvalue weighted by Gasteiger charge is -2.35. The number of amides is 2. The smallest absolute Gasteiger partial charge is 0.249 e. The number of imide groups is 1. The number of piperazine rings is 1. The minimum atomic E-state index is -0.409. The van der Waals surface area contributed by atoms with Crippen LogP contribution in [0.2, 0.25) is 0 Å². The third-order valence-electron chi connectivity index (χ3n) is 3.48. The minimum Gasteiger partial charge on any atom is -0.508 e. The van der Waals surface area contributed by atoms with E-state index in [1.807, 2.05) is 6.92 Å². The summed E-state index contributed by atoms with van der Waals surface area (Å²) in [4.78, 5) is 25.0. The Labute approximate surface area is 117 Å². The van der Waals surface area contributed by atoms with Gasteiger partial charge in [-0.1, -0.05) is 13.0 Å². The average Bonchev–Trinajstić information content (AvgIpc) is 2.37. The Morgan fingerprint density at radius 2 is 2.20 bits per heavy atom. The lowest BCUT2D eigenvalue weighted by atomic mass is 10.0. The van der Waals surface area contributed by atoms with E-state index in [9.17, 15) is 14.7 Å². The van der Waals surface area contributed by atoms with Crippen LogP contribution < -0.4 is 16.0 Å². The molecule has 2 amide bonds. The van der Waals surface area contributed by atoms with Crippen molar-refractivity contribution in [1.82, 2.24) is 5.32 Å². The van der Waals surface area contributed by atoms with Gasteiger partial charge in [-0.05, 0) is 19.4 Å². The molecule has 0 aromatic heterocycles. The molecular formula is C14H19N3O3. The highest BCUT2D eigenvalue weighted by atomic mass is 16.3. The first-order chi connectivity index (χ1) is 9.43. The van der Waals surface area contributed by atoms with Gasteiger partial charge in [0.05, 0.1) is 6.54 Å². The maximum atomic E-state index is 11.8. The molecule has 1 saturated heterocycles. The van der Waals surface area contributed by atoms with Gasteiger partial charge >= 0.3 is 0 Å². The zero-order chi connectivity index (χ0) is 14.9. The summed E-state index contributed by atoms with van der Waals surface area (Å²) < 4.78 is 0.